The van der Waals surface area contributed by atoms with Gasteiger partial charge in [-0.15, -0.1) is 0 Å². The van der Waals surface area contributed by atoms with Crippen LogP contribution in [0.1, 0.15) is 24.8 Å². The number of benzene rings is 1. The summed E-state index contributed by atoms with van der Waals surface area (Å²) in [5, 5.41) is 24.0. The normalized spacial score (nSPS) is 15.0. The van der Waals surface area contributed by atoms with Gasteiger partial charge >= 0.3 is 6.09 Å². The van der Waals surface area contributed by atoms with Gasteiger partial charge in [-0.2, -0.15) is 0 Å². The first-order valence-corrected chi connectivity index (χ1v) is 7.65. The van der Waals surface area contributed by atoms with Crippen LogP contribution in [-0.2, 0) is 0 Å². The number of piperidine rings is 1. The molecule has 0 atom stereocenters. The lowest BCUT2D eigenvalue weighted by Crippen LogP contribution is -2.41. The minimum Gasteiger partial charge on any atom is -0.493 e. The van der Waals surface area contributed by atoms with E-state index in [1.807, 2.05) is 0 Å². The maximum absolute atomic E-state index is 10.9. The summed E-state index contributed by atoms with van der Waals surface area (Å²) in [6.07, 6.45) is 1.49. The summed E-state index contributed by atoms with van der Waals surface area (Å²) in [6, 6.07) is 3.31. The Morgan fingerprint density at radius 2 is 2.12 bits per heavy atom. The largest absolute Gasteiger partial charge is 0.493 e. The molecule has 0 radical (unpaired) electrons. The van der Waals surface area contributed by atoms with Crippen LogP contribution >= 0.6 is 0 Å². The molecular weight excluding hydrogens is 312 g/mol. The number of nitrogens with one attached hydrogen (secondary N) is 2. The zero-order chi connectivity index (χ0) is 17.7. The van der Waals surface area contributed by atoms with Crippen LogP contribution in [-0.4, -0.2) is 54.3 Å². The number of hydrogen-bond acceptors (Lipinski definition) is 6. The van der Waals surface area contributed by atoms with Crippen molar-refractivity contribution in [2.75, 3.05) is 25.9 Å². The highest BCUT2D eigenvalue weighted by atomic mass is 16.5. The molecule has 5 N–H and O–H groups in total. The summed E-state index contributed by atoms with van der Waals surface area (Å²) in [5.74, 6) is 0.845. The minimum absolute atomic E-state index is 0.135. The van der Waals surface area contributed by atoms with Crippen LogP contribution in [0.4, 0.5) is 10.5 Å². The number of carboxylic acid groups (broad SMARTS) is 1. The molecule has 8 heteroatoms. The molecule has 0 unspecified atom stereocenters. The van der Waals surface area contributed by atoms with Gasteiger partial charge in [-0.05, 0) is 12.1 Å². The summed E-state index contributed by atoms with van der Waals surface area (Å²) >= 11 is 0. The van der Waals surface area contributed by atoms with E-state index in [0.717, 1.165) is 6.21 Å². The van der Waals surface area contributed by atoms with E-state index in [9.17, 15) is 4.79 Å². The molecule has 0 spiro atoms. The van der Waals surface area contributed by atoms with E-state index in [1.54, 1.807) is 12.1 Å². The number of ether oxygens (including phenoxy) is 2. The number of rotatable bonds is 6. The van der Waals surface area contributed by atoms with Crippen molar-refractivity contribution in [1.29, 1.82) is 10.8 Å². The van der Waals surface area contributed by atoms with E-state index in [-0.39, 0.29) is 18.2 Å². The van der Waals surface area contributed by atoms with E-state index < -0.39 is 6.09 Å². The maximum atomic E-state index is 10.9. The summed E-state index contributed by atoms with van der Waals surface area (Å²) in [5.41, 5.74) is 7.28. The number of nitrogens with two attached hydrogens (primary N) is 1. The van der Waals surface area contributed by atoms with Gasteiger partial charge in [0.15, 0.2) is 11.5 Å². The van der Waals surface area contributed by atoms with Crippen LogP contribution < -0.4 is 15.2 Å². The Labute approximate surface area is 140 Å². The Hall–Kier alpha value is -2.77. The molecule has 0 saturated carbocycles. The van der Waals surface area contributed by atoms with E-state index in [4.69, 9.17) is 31.1 Å². The summed E-state index contributed by atoms with van der Waals surface area (Å²) in [4.78, 5) is 12.3. The second kappa shape index (κ2) is 7.67. The lowest BCUT2D eigenvalue weighted by Gasteiger charge is -2.31. The van der Waals surface area contributed by atoms with Crippen molar-refractivity contribution in [1.82, 2.24) is 4.90 Å². The fraction of sp³-hybridized carbons (Fsp3) is 0.438. The number of methoxy groups -OCH3 is 1. The molecule has 1 aromatic rings. The highest BCUT2D eigenvalue weighted by Crippen LogP contribution is 2.37. The molecule has 1 heterocycles. The van der Waals surface area contributed by atoms with Gasteiger partial charge in [0.2, 0.25) is 0 Å². The zero-order valence-corrected chi connectivity index (χ0v) is 13.5. The van der Waals surface area contributed by atoms with Crippen molar-refractivity contribution in [3.63, 3.8) is 0 Å². The van der Waals surface area contributed by atoms with Gasteiger partial charge in [0, 0.05) is 49.8 Å². The lowest BCUT2D eigenvalue weighted by atomic mass is 10.1. The van der Waals surface area contributed by atoms with Crippen molar-refractivity contribution in [3.8, 4) is 11.5 Å². The van der Waals surface area contributed by atoms with Crippen molar-refractivity contribution < 1.29 is 19.4 Å². The van der Waals surface area contributed by atoms with Gasteiger partial charge in [0.25, 0.3) is 0 Å². The standard InChI is InChI=1S/C16H22N4O4/c1-23-14-9-10(12(18)2-5-17)8-13(19)15(14)24-11-3-6-20(7-4-11)16(21)22/h5,8-9,11,17-18H,2-4,6-7,19H2,1H3,(H,21,22). The molecule has 1 fully saturated rings. The summed E-state index contributed by atoms with van der Waals surface area (Å²) < 4.78 is 11.3. The number of nitrogen functional groups attached to an aromatic ring is 1. The predicted octanol–water partition coefficient (Wildman–Crippen LogP) is 2.21. The highest BCUT2D eigenvalue weighted by molar-refractivity contribution is 6.06. The van der Waals surface area contributed by atoms with Crippen LogP contribution in [0.5, 0.6) is 11.5 Å². The third kappa shape index (κ3) is 3.95. The van der Waals surface area contributed by atoms with Crippen LogP contribution in [0, 0.1) is 10.8 Å². The SMILES string of the molecule is COc1cc(C(=N)CC=N)cc(N)c1OC1CCN(C(=O)O)CC1. The Kier molecular flexibility index (Phi) is 5.62. The van der Waals surface area contributed by atoms with Crippen molar-refractivity contribution in [3.05, 3.63) is 17.7 Å². The predicted molar refractivity (Wildman–Crippen MR) is 90.9 cm³/mol. The van der Waals surface area contributed by atoms with Gasteiger partial charge < -0.3 is 36.0 Å². The zero-order valence-electron chi connectivity index (χ0n) is 13.5. The quantitative estimate of drug-likeness (QED) is 0.467. The molecule has 0 bridgehead atoms. The number of likely N-dealkylation sites (tertiary alicyclic amines) is 1. The molecule has 1 saturated heterocycles. The summed E-state index contributed by atoms with van der Waals surface area (Å²) in [7, 11) is 1.50. The van der Waals surface area contributed by atoms with Gasteiger partial charge in [0.1, 0.15) is 6.10 Å². The Bertz CT molecular complexity index is 639. The molecule has 0 aliphatic carbocycles. The molecule has 24 heavy (non-hydrogen) atoms. The molecule has 1 amide bonds. The molecule has 1 aliphatic rings. The van der Waals surface area contributed by atoms with Gasteiger partial charge in [0.05, 0.1) is 12.8 Å². The topological polar surface area (TPSA) is 133 Å². The lowest BCUT2D eigenvalue weighted by molar-refractivity contribution is 0.0882. The average Bonchev–Trinajstić information content (AvgIpc) is 2.57. The fourth-order valence-corrected chi connectivity index (χ4v) is 2.63. The average molecular weight is 334 g/mol. The fourth-order valence-electron chi connectivity index (χ4n) is 2.63. The third-order valence-electron chi connectivity index (χ3n) is 3.96. The molecule has 130 valence electrons. The van der Waals surface area contributed by atoms with Gasteiger partial charge in [-0.1, -0.05) is 0 Å². The molecule has 2 rings (SSSR count). The second-order valence-corrected chi connectivity index (χ2v) is 5.57. The van der Waals surface area contributed by atoms with Crippen molar-refractivity contribution in [2.45, 2.75) is 25.4 Å². The van der Waals surface area contributed by atoms with Crippen LogP contribution in [0.25, 0.3) is 0 Å². The maximum Gasteiger partial charge on any atom is 0.407 e. The van der Waals surface area contributed by atoms with Crippen LogP contribution in [0.3, 0.4) is 0 Å². The Morgan fingerprint density at radius 3 is 2.67 bits per heavy atom. The van der Waals surface area contributed by atoms with Crippen LogP contribution in [0.2, 0.25) is 0 Å². The van der Waals surface area contributed by atoms with Crippen molar-refractivity contribution in [2.24, 2.45) is 0 Å². The number of hydrogen-bond donors (Lipinski definition) is 4. The van der Waals surface area contributed by atoms with Gasteiger partial charge in [-0.25, -0.2) is 4.79 Å². The van der Waals surface area contributed by atoms with E-state index >= 15 is 0 Å². The van der Waals surface area contributed by atoms with E-state index in [0.29, 0.717) is 48.7 Å². The van der Waals surface area contributed by atoms with Crippen molar-refractivity contribution >= 4 is 23.7 Å². The second-order valence-electron chi connectivity index (χ2n) is 5.57. The number of nitrogens with zero attached hydrogens (tertiary/aromatic N) is 1. The first kappa shape index (κ1) is 17.6. The first-order chi connectivity index (χ1) is 11.5. The third-order valence-corrected chi connectivity index (χ3v) is 3.96. The molecular formula is C16H22N4O4. The van der Waals surface area contributed by atoms with Crippen LogP contribution in [0.15, 0.2) is 12.1 Å². The van der Waals surface area contributed by atoms with E-state index in [2.05, 4.69) is 0 Å². The molecule has 1 aromatic carbocycles. The van der Waals surface area contributed by atoms with E-state index in [1.165, 1.54) is 12.0 Å². The number of amides is 1. The smallest absolute Gasteiger partial charge is 0.407 e. The Morgan fingerprint density at radius 1 is 1.46 bits per heavy atom. The Balaban J connectivity index is 2.14. The van der Waals surface area contributed by atoms with Gasteiger partial charge in [-0.3, -0.25) is 0 Å². The molecule has 8 nitrogen and oxygen atoms in total. The number of carbonyl (C=O) groups is 1. The monoisotopic (exact) mass is 334 g/mol. The number of anilines is 1. The molecule has 1 aliphatic heterocycles. The summed E-state index contributed by atoms with van der Waals surface area (Å²) in [6.45, 7) is 0.842. The first-order valence-electron chi connectivity index (χ1n) is 7.65. The highest BCUT2D eigenvalue weighted by Gasteiger charge is 2.25. The minimum atomic E-state index is -0.917. The molecule has 0 aromatic heterocycles.